The zero-order chi connectivity index (χ0) is 12.9. The van der Waals surface area contributed by atoms with E-state index in [1.807, 2.05) is 7.05 Å². The Morgan fingerprint density at radius 1 is 1.12 bits per heavy atom. The highest BCUT2D eigenvalue weighted by molar-refractivity contribution is 4.81. The first kappa shape index (κ1) is 14.9. The van der Waals surface area contributed by atoms with Crippen LogP contribution in [-0.2, 0) is 0 Å². The summed E-state index contributed by atoms with van der Waals surface area (Å²) in [6.45, 7) is 15.4. The normalized spacial score (nSPS) is 21.7. The molecule has 1 unspecified atom stereocenters. The molecule has 0 aromatic carbocycles. The fourth-order valence-electron chi connectivity index (χ4n) is 2.41. The lowest BCUT2D eigenvalue weighted by atomic mass is 10.0. The molecule has 0 spiro atoms. The number of nitrogens with zero attached hydrogens (tertiary/aromatic N) is 2. The lowest BCUT2D eigenvalue weighted by Gasteiger charge is -2.42. The molecule has 0 saturated carbocycles. The SMILES string of the molecule is CNC(C)CCCN1CCN(C(C)(C)C)CC1. The van der Waals surface area contributed by atoms with Crippen molar-refractivity contribution < 1.29 is 0 Å². The molecule has 1 fully saturated rings. The van der Waals surface area contributed by atoms with Gasteiger partial charge in [0.25, 0.3) is 0 Å². The topological polar surface area (TPSA) is 18.5 Å². The number of rotatable bonds is 5. The minimum Gasteiger partial charge on any atom is -0.317 e. The molecule has 1 saturated heterocycles. The van der Waals surface area contributed by atoms with Gasteiger partial charge in [0.1, 0.15) is 0 Å². The fraction of sp³-hybridized carbons (Fsp3) is 1.00. The summed E-state index contributed by atoms with van der Waals surface area (Å²) in [5.41, 5.74) is 0.340. The van der Waals surface area contributed by atoms with E-state index in [9.17, 15) is 0 Å². The molecule has 3 heteroatoms. The van der Waals surface area contributed by atoms with E-state index in [1.165, 1.54) is 45.6 Å². The highest BCUT2D eigenvalue weighted by Crippen LogP contribution is 2.15. The Bertz CT molecular complexity index is 202. The second-order valence-corrected chi connectivity index (χ2v) is 6.33. The molecule has 0 aromatic heterocycles. The predicted molar refractivity (Wildman–Crippen MR) is 75.5 cm³/mol. The molecule has 3 nitrogen and oxygen atoms in total. The Kier molecular flexibility index (Phi) is 5.90. The smallest absolute Gasteiger partial charge is 0.0126 e. The molecule has 1 aliphatic rings. The van der Waals surface area contributed by atoms with Gasteiger partial charge < -0.3 is 10.2 Å². The first-order valence-corrected chi connectivity index (χ1v) is 7.08. The van der Waals surface area contributed by atoms with E-state index in [2.05, 4.69) is 42.8 Å². The van der Waals surface area contributed by atoms with Crippen LogP contribution in [0.4, 0.5) is 0 Å². The lowest BCUT2D eigenvalue weighted by molar-refractivity contribution is 0.0614. The zero-order valence-electron chi connectivity index (χ0n) is 12.4. The summed E-state index contributed by atoms with van der Waals surface area (Å²) in [5.74, 6) is 0. The van der Waals surface area contributed by atoms with Crippen molar-refractivity contribution in [3.05, 3.63) is 0 Å². The van der Waals surface area contributed by atoms with Crippen LogP contribution < -0.4 is 5.32 Å². The van der Waals surface area contributed by atoms with Gasteiger partial charge in [0.2, 0.25) is 0 Å². The summed E-state index contributed by atoms with van der Waals surface area (Å²) in [5, 5.41) is 3.30. The molecular formula is C14H31N3. The number of hydrogen-bond acceptors (Lipinski definition) is 3. The van der Waals surface area contributed by atoms with Crippen LogP contribution in [0, 0.1) is 0 Å². The van der Waals surface area contributed by atoms with Crippen molar-refractivity contribution in [3.8, 4) is 0 Å². The highest BCUT2D eigenvalue weighted by Gasteiger charge is 2.25. The van der Waals surface area contributed by atoms with Crippen molar-refractivity contribution in [1.29, 1.82) is 0 Å². The molecule has 1 rings (SSSR count). The molecule has 17 heavy (non-hydrogen) atoms. The molecule has 0 amide bonds. The van der Waals surface area contributed by atoms with Gasteiger partial charge in [-0.1, -0.05) is 0 Å². The van der Waals surface area contributed by atoms with E-state index in [4.69, 9.17) is 0 Å². The highest BCUT2D eigenvalue weighted by atomic mass is 15.3. The Hall–Kier alpha value is -0.120. The maximum Gasteiger partial charge on any atom is 0.0126 e. The monoisotopic (exact) mass is 241 g/mol. The third-order valence-corrected chi connectivity index (χ3v) is 3.93. The van der Waals surface area contributed by atoms with Crippen LogP contribution in [0.5, 0.6) is 0 Å². The van der Waals surface area contributed by atoms with Gasteiger partial charge in [-0.3, -0.25) is 4.90 Å². The van der Waals surface area contributed by atoms with Gasteiger partial charge in [-0.25, -0.2) is 0 Å². The van der Waals surface area contributed by atoms with Gasteiger partial charge in [0.05, 0.1) is 0 Å². The minimum atomic E-state index is 0.340. The van der Waals surface area contributed by atoms with Crippen LogP contribution in [0.15, 0.2) is 0 Å². The van der Waals surface area contributed by atoms with Crippen LogP contribution in [-0.4, -0.2) is 61.2 Å². The van der Waals surface area contributed by atoms with Crippen LogP contribution in [0.25, 0.3) is 0 Å². The van der Waals surface area contributed by atoms with Crippen LogP contribution in [0.1, 0.15) is 40.5 Å². The third-order valence-electron chi connectivity index (χ3n) is 3.93. The second kappa shape index (κ2) is 6.72. The third kappa shape index (κ3) is 5.36. The van der Waals surface area contributed by atoms with Gasteiger partial charge >= 0.3 is 0 Å². The van der Waals surface area contributed by atoms with E-state index in [0.717, 1.165) is 0 Å². The Labute approximate surface area is 108 Å². The summed E-state index contributed by atoms with van der Waals surface area (Å²) >= 11 is 0. The fourth-order valence-corrected chi connectivity index (χ4v) is 2.41. The van der Waals surface area contributed by atoms with E-state index in [0.29, 0.717) is 11.6 Å². The first-order valence-electron chi connectivity index (χ1n) is 7.08. The number of nitrogens with one attached hydrogen (secondary N) is 1. The summed E-state index contributed by atoms with van der Waals surface area (Å²) < 4.78 is 0. The van der Waals surface area contributed by atoms with E-state index < -0.39 is 0 Å². The second-order valence-electron chi connectivity index (χ2n) is 6.33. The maximum atomic E-state index is 3.30. The Balaban J connectivity index is 2.15. The van der Waals surface area contributed by atoms with Crippen molar-refractivity contribution in [2.75, 3.05) is 39.8 Å². The molecule has 1 heterocycles. The molecule has 0 bridgehead atoms. The Morgan fingerprint density at radius 3 is 2.18 bits per heavy atom. The molecule has 0 aromatic rings. The van der Waals surface area contributed by atoms with Crippen molar-refractivity contribution in [2.24, 2.45) is 0 Å². The molecule has 102 valence electrons. The van der Waals surface area contributed by atoms with Gasteiger partial charge in [0, 0.05) is 37.8 Å². The zero-order valence-corrected chi connectivity index (χ0v) is 12.4. The standard InChI is InChI=1S/C14H31N3/c1-13(15-5)7-6-8-16-9-11-17(12-10-16)14(2,3)4/h13,15H,6-12H2,1-5H3. The largest absolute Gasteiger partial charge is 0.317 e. The molecule has 1 aliphatic heterocycles. The lowest BCUT2D eigenvalue weighted by Crippen LogP contribution is -2.53. The summed E-state index contributed by atoms with van der Waals surface area (Å²) in [7, 11) is 2.05. The average molecular weight is 241 g/mol. The van der Waals surface area contributed by atoms with Crippen molar-refractivity contribution in [3.63, 3.8) is 0 Å². The summed E-state index contributed by atoms with van der Waals surface area (Å²) in [6, 6.07) is 0.658. The minimum absolute atomic E-state index is 0.340. The number of hydrogen-bond donors (Lipinski definition) is 1. The predicted octanol–water partition coefficient (Wildman–Crippen LogP) is 1.79. The van der Waals surface area contributed by atoms with E-state index in [1.54, 1.807) is 0 Å². The number of piperazine rings is 1. The van der Waals surface area contributed by atoms with Crippen LogP contribution >= 0.6 is 0 Å². The quantitative estimate of drug-likeness (QED) is 0.792. The van der Waals surface area contributed by atoms with E-state index >= 15 is 0 Å². The summed E-state index contributed by atoms with van der Waals surface area (Å²) in [6.07, 6.45) is 2.60. The molecule has 1 atom stereocenters. The van der Waals surface area contributed by atoms with Gasteiger partial charge in [-0.15, -0.1) is 0 Å². The van der Waals surface area contributed by atoms with E-state index in [-0.39, 0.29) is 0 Å². The molecular weight excluding hydrogens is 210 g/mol. The molecule has 0 aliphatic carbocycles. The molecule has 1 N–H and O–H groups in total. The van der Waals surface area contributed by atoms with Crippen LogP contribution in [0.2, 0.25) is 0 Å². The van der Waals surface area contributed by atoms with Gasteiger partial charge in [-0.2, -0.15) is 0 Å². The van der Waals surface area contributed by atoms with Gasteiger partial charge in [0.15, 0.2) is 0 Å². The first-order chi connectivity index (χ1) is 7.93. The molecule has 0 radical (unpaired) electrons. The van der Waals surface area contributed by atoms with Crippen molar-refractivity contribution in [2.45, 2.75) is 52.1 Å². The van der Waals surface area contributed by atoms with Crippen LogP contribution in [0.3, 0.4) is 0 Å². The van der Waals surface area contributed by atoms with Crippen molar-refractivity contribution in [1.82, 2.24) is 15.1 Å². The van der Waals surface area contributed by atoms with Crippen molar-refractivity contribution >= 4 is 0 Å². The Morgan fingerprint density at radius 2 is 1.71 bits per heavy atom. The van der Waals surface area contributed by atoms with Gasteiger partial charge in [-0.05, 0) is 54.1 Å². The summed E-state index contributed by atoms with van der Waals surface area (Å²) in [4.78, 5) is 5.21. The average Bonchev–Trinajstić information content (AvgIpc) is 2.28. The maximum absolute atomic E-state index is 3.30.